The van der Waals surface area contributed by atoms with Crippen LogP contribution in [0, 0.1) is 11.3 Å². The van der Waals surface area contributed by atoms with Crippen LogP contribution in [0.5, 0.6) is 0 Å². The molecular formula is C12H7BrClN3. The molecule has 17 heavy (non-hydrogen) atoms. The van der Waals surface area contributed by atoms with Crippen molar-refractivity contribution in [1.82, 2.24) is 4.98 Å². The molecular weight excluding hydrogens is 302 g/mol. The van der Waals surface area contributed by atoms with E-state index in [0.717, 1.165) is 15.8 Å². The molecule has 1 aromatic heterocycles. The molecule has 0 atom stereocenters. The van der Waals surface area contributed by atoms with Crippen LogP contribution < -0.4 is 5.32 Å². The summed E-state index contributed by atoms with van der Waals surface area (Å²) in [6, 6.07) is 11.0. The van der Waals surface area contributed by atoms with E-state index >= 15 is 0 Å². The summed E-state index contributed by atoms with van der Waals surface area (Å²) in [5.41, 5.74) is 2.07. The van der Waals surface area contributed by atoms with Gasteiger partial charge in [-0.2, -0.15) is 5.26 Å². The van der Waals surface area contributed by atoms with Crippen molar-refractivity contribution in [2.75, 3.05) is 5.32 Å². The molecule has 1 heterocycles. The third-order valence-corrected chi connectivity index (χ3v) is 3.32. The predicted octanol–water partition coefficient (Wildman–Crippen LogP) is 4.11. The molecule has 0 aliphatic carbocycles. The molecule has 0 amide bonds. The van der Waals surface area contributed by atoms with Crippen molar-refractivity contribution in [1.29, 1.82) is 5.26 Å². The molecule has 5 heteroatoms. The van der Waals surface area contributed by atoms with Gasteiger partial charge in [-0.3, -0.25) is 0 Å². The first kappa shape index (κ1) is 11.9. The van der Waals surface area contributed by atoms with Gasteiger partial charge in [0, 0.05) is 10.2 Å². The summed E-state index contributed by atoms with van der Waals surface area (Å²) in [5, 5.41) is 12.4. The van der Waals surface area contributed by atoms with E-state index in [2.05, 4.69) is 26.2 Å². The lowest BCUT2D eigenvalue weighted by Crippen LogP contribution is -1.92. The summed E-state index contributed by atoms with van der Waals surface area (Å²) < 4.78 is 0.850. The lowest BCUT2D eigenvalue weighted by molar-refractivity contribution is 1.26. The van der Waals surface area contributed by atoms with Gasteiger partial charge in [-0.15, -0.1) is 0 Å². The second kappa shape index (κ2) is 5.17. The zero-order chi connectivity index (χ0) is 12.3. The molecule has 1 N–H and O–H groups in total. The second-order valence-corrected chi connectivity index (χ2v) is 4.56. The van der Waals surface area contributed by atoms with E-state index in [1.807, 2.05) is 24.3 Å². The highest BCUT2D eigenvalue weighted by molar-refractivity contribution is 9.10. The number of benzene rings is 1. The first-order valence-corrected chi connectivity index (χ1v) is 5.94. The number of pyridine rings is 1. The molecule has 0 spiro atoms. The average Bonchev–Trinajstić information content (AvgIpc) is 2.35. The van der Waals surface area contributed by atoms with Gasteiger partial charge in [0.2, 0.25) is 0 Å². The monoisotopic (exact) mass is 307 g/mol. The van der Waals surface area contributed by atoms with Crippen molar-refractivity contribution >= 4 is 38.9 Å². The van der Waals surface area contributed by atoms with Crippen LogP contribution in [0.2, 0.25) is 5.02 Å². The summed E-state index contributed by atoms with van der Waals surface area (Å²) in [4.78, 5) is 3.97. The topological polar surface area (TPSA) is 48.7 Å². The zero-order valence-electron chi connectivity index (χ0n) is 8.61. The van der Waals surface area contributed by atoms with E-state index < -0.39 is 0 Å². The van der Waals surface area contributed by atoms with Gasteiger partial charge in [0.15, 0.2) is 0 Å². The average molecular weight is 309 g/mol. The van der Waals surface area contributed by atoms with Gasteiger partial charge in [0.05, 0.1) is 16.9 Å². The Kier molecular flexibility index (Phi) is 3.62. The van der Waals surface area contributed by atoms with Crippen LogP contribution in [0.4, 0.5) is 11.4 Å². The van der Waals surface area contributed by atoms with Crippen molar-refractivity contribution in [3.8, 4) is 6.07 Å². The van der Waals surface area contributed by atoms with E-state index in [1.54, 1.807) is 18.3 Å². The van der Waals surface area contributed by atoms with Crippen LogP contribution in [0.1, 0.15) is 5.69 Å². The van der Waals surface area contributed by atoms with E-state index in [4.69, 9.17) is 16.9 Å². The maximum atomic E-state index is 8.63. The molecule has 0 saturated carbocycles. The Bertz CT molecular complexity index is 575. The Morgan fingerprint density at radius 2 is 2.00 bits per heavy atom. The quantitative estimate of drug-likeness (QED) is 0.908. The molecule has 2 aromatic rings. The largest absolute Gasteiger partial charge is 0.354 e. The molecule has 1 aromatic carbocycles. The molecule has 3 nitrogen and oxygen atoms in total. The van der Waals surface area contributed by atoms with Crippen molar-refractivity contribution in [2.24, 2.45) is 0 Å². The number of hydrogen-bond donors (Lipinski definition) is 1. The second-order valence-electron chi connectivity index (χ2n) is 3.30. The smallest absolute Gasteiger partial charge is 0.140 e. The van der Waals surface area contributed by atoms with E-state index in [9.17, 15) is 0 Å². The number of aromatic nitrogens is 1. The minimum Gasteiger partial charge on any atom is -0.354 e. The van der Waals surface area contributed by atoms with Gasteiger partial charge in [-0.25, -0.2) is 4.98 Å². The van der Waals surface area contributed by atoms with E-state index in [1.165, 1.54) is 0 Å². The minimum atomic E-state index is 0.393. The maximum absolute atomic E-state index is 8.63. The first-order valence-electron chi connectivity index (χ1n) is 4.77. The highest BCUT2D eigenvalue weighted by Gasteiger charge is 2.00. The van der Waals surface area contributed by atoms with Gasteiger partial charge in [0.1, 0.15) is 11.8 Å². The molecule has 0 fully saturated rings. The Morgan fingerprint density at radius 1 is 1.24 bits per heavy atom. The molecule has 0 aliphatic rings. The predicted molar refractivity (Wildman–Crippen MR) is 71.4 cm³/mol. The number of nitrogens with zero attached hydrogens (tertiary/aromatic N) is 2. The van der Waals surface area contributed by atoms with Gasteiger partial charge < -0.3 is 5.32 Å². The van der Waals surface area contributed by atoms with Crippen LogP contribution in [0.15, 0.2) is 41.0 Å². The number of rotatable bonds is 2. The van der Waals surface area contributed by atoms with Crippen LogP contribution in [-0.2, 0) is 0 Å². The lowest BCUT2D eigenvalue weighted by atomic mass is 10.3. The zero-order valence-corrected chi connectivity index (χ0v) is 11.0. The standard InChI is InChI=1S/C12H7BrClN3/c13-11-4-3-8(5-12(11)14)17-10-2-1-9(6-15)16-7-10/h1-5,7,17H. The normalized spacial score (nSPS) is 9.71. The first-order chi connectivity index (χ1) is 8.19. The van der Waals surface area contributed by atoms with Crippen LogP contribution >= 0.6 is 27.5 Å². The van der Waals surface area contributed by atoms with Crippen LogP contribution in [0.3, 0.4) is 0 Å². The third kappa shape index (κ3) is 2.96. The molecule has 0 saturated heterocycles. The summed E-state index contributed by atoms with van der Waals surface area (Å²) in [6.07, 6.45) is 1.61. The maximum Gasteiger partial charge on any atom is 0.140 e. The van der Waals surface area contributed by atoms with Crippen molar-refractivity contribution in [3.63, 3.8) is 0 Å². The van der Waals surface area contributed by atoms with Crippen molar-refractivity contribution < 1.29 is 0 Å². The fraction of sp³-hybridized carbons (Fsp3) is 0. The molecule has 84 valence electrons. The summed E-state index contributed by atoms with van der Waals surface area (Å²) in [5.74, 6) is 0. The molecule has 0 radical (unpaired) electrons. The third-order valence-electron chi connectivity index (χ3n) is 2.09. The van der Waals surface area contributed by atoms with E-state index in [-0.39, 0.29) is 0 Å². The summed E-state index contributed by atoms with van der Waals surface area (Å²) >= 11 is 9.31. The highest BCUT2D eigenvalue weighted by Crippen LogP contribution is 2.27. The SMILES string of the molecule is N#Cc1ccc(Nc2ccc(Br)c(Cl)c2)cn1. The van der Waals surface area contributed by atoms with E-state index in [0.29, 0.717) is 10.7 Å². The molecule has 0 bridgehead atoms. The molecule has 2 rings (SSSR count). The summed E-state index contributed by atoms with van der Waals surface area (Å²) in [6.45, 7) is 0. The van der Waals surface area contributed by atoms with Crippen molar-refractivity contribution in [3.05, 3.63) is 51.7 Å². The molecule has 0 aliphatic heterocycles. The highest BCUT2D eigenvalue weighted by atomic mass is 79.9. The lowest BCUT2D eigenvalue weighted by Gasteiger charge is -2.06. The summed E-state index contributed by atoms with van der Waals surface area (Å²) in [7, 11) is 0. The number of halogens is 2. The minimum absolute atomic E-state index is 0.393. The number of nitrogens with one attached hydrogen (secondary N) is 1. The van der Waals surface area contributed by atoms with Crippen molar-refractivity contribution in [2.45, 2.75) is 0 Å². The van der Waals surface area contributed by atoms with Crippen LogP contribution in [-0.4, -0.2) is 4.98 Å². The van der Waals surface area contributed by atoms with Gasteiger partial charge in [-0.05, 0) is 46.3 Å². The number of anilines is 2. The fourth-order valence-corrected chi connectivity index (χ4v) is 1.70. The Hall–Kier alpha value is -1.57. The number of hydrogen-bond acceptors (Lipinski definition) is 3. The molecule has 0 unspecified atom stereocenters. The van der Waals surface area contributed by atoms with Gasteiger partial charge in [0.25, 0.3) is 0 Å². The van der Waals surface area contributed by atoms with Gasteiger partial charge >= 0.3 is 0 Å². The Labute approximate surface area is 112 Å². The Balaban J connectivity index is 2.20. The van der Waals surface area contributed by atoms with Crippen LogP contribution in [0.25, 0.3) is 0 Å². The fourth-order valence-electron chi connectivity index (χ4n) is 1.27. The Morgan fingerprint density at radius 3 is 2.59 bits per heavy atom. The number of nitriles is 1. The van der Waals surface area contributed by atoms with Gasteiger partial charge in [-0.1, -0.05) is 11.6 Å².